The fourth-order valence-electron chi connectivity index (χ4n) is 2.34. The van der Waals surface area contributed by atoms with Crippen molar-refractivity contribution in [1.82, 2.24) is 4.90 Å². The Hall–Kier alpha value is 0.401. The molecule has 0 saturated carbocycles. The predicted molar refractivity (Wildman–Crippen MR) is 70.9 cm³/mol. The first kappa shape index (κ1) is 19.4. The summed E-state index contributed by atoms with van der Waals surface area (Å²) >= 11 is 0. The zero-order chi connectivity index (χ0) is 14.6. The van der Waals surface area contributed by atoms with Crippen LogP contribution in [0.15, 0.2) is 18.2 Å². The van der Waals surface area contributed by atoms with Gasteiger partial charge in [-0.15, -0.1) is 0 Å². The molecular weight excluding hydrogens is 312 g/mol. The van der Waals surface area contributed by atoms with Gasteiger partial charge in [-0.1, -0.05) is 17.9 Å². The molecule has 0 bridgehead atoms. The molecule has 0 spiro atoms. The van der Waals surface area contributed by atoms with E-state index in [4.69, 9.17) is 4.74 Å². The Morgan fingerprint density at radius 1 is 1.10 bits per heavy atom. The van der Waals surface area contributed by atoms with E-state index in [1.165, 1.54) is 12.5 Å². The molecule has 2 nitrogen and oxygen atoms in total. The summed E-state index contributed by atoms with van der Waals surface area (Å²) in [6, 6.07) is 2.72. The zero-order valence-electron chi connectivity index (χ0n) is 12.1. The maximum atomic E-state index is 13.3. The van der Waals surface area contributed by atoms with Gasteiger partial charge in [-0.25, -0.2) is 4.39 Å². The maximum Gasteiger partial charge on any atom is 1.00 e. The van der Waals surface area contributed by atoms with Gasteiger partial charge in [0, 0.05) is 12.6 Å². The van der Waals surface area contributed by atoms with E-state index in [2.05, 4.69) is 4.90 Å². The Morgan fingerprint density at radius 2 is 1.76 bits per heavy atom. The van der Waals surface area contributed by atoms with E-state index < -0.39 is 18.3 Å². The van der Waals surface area contributed by atoms with Gasteiger partial charge in [0.05, 0.1) is 5.82 Å². The van der Waals surface area contributed by atoms with Crippen molar-refractivity contribution in [3.05, 3.63) is 24.0 Å². The van der Waals surface area contributed by atoms with E-state index in [1.54, 1.807) is 0 Å². The van der Waals surface area contributed by atoms with Crippen molar-refractivity contribution in [2.45, 2.75) is 19.3 Å². The second-order valence-electron chi connectivity index (χ2n) is 5.01. The van der Waals surface area contributed by atoms with Crippen LogP contribution >= 0.6 is 0 Å². The van der Waals surface area contributed by atoms with Gasteiger partial charge in [-0.3, -0.25) is 4.90 Å². The topological polar surface area (TPSA) is 12.5 Å². The third-order valence-electron chi connectivity index (χ3n) is 3.45. The van der Waals surface area contributed by atoms with Gasteiger partial charge in [0.25, 0.3) is 0 Å². The first-order valence-electron chi connectivity index (χ1n) is 6.81. The molecule has 0 unspecified atom stereocenters. The zero-order valence-corrected chi connectivity index (χ0v) is 15.2. The van der Waals surface area contributed by atoms with E-state index >= 15 is 0 Å². The Labute approximate surface area is 164 Å². The van der Waals surface area contributed by atoms with Crippen LogP contribution in [0.1, 0.15) is 19.3 Å². The van der Waals surface area contributed by atoms with Crippen LogP contribution in [-0.4, -0.2) is 38.1 Å². The molecule has 8 heteroatoms. The summed E-state index contributed by atoms with van der Waals surface area (Å²) < 4.78 is 56.0. The van der Waals surface area contributed by atoms with Crippen molar-refractivity contribution in [3.63, 3.8) is 0 Å². The molecule has 1 aliphatic heterocycles. The van der Waals surface area contributed by atoms with Gasteiger partial charge in [-0.05, 0) is 32.0 Å². The van der Waals surface area contributed by atoms with Crippen molar-refractivity contribution in [2.75, 3.05) is 26.2 Å². The van der Waals surface area contributed by atoms with Crippen molar-refractivity contribution < 1.29 is 73.5 Å². The monoisotopic (exact) mass is 329 g/mol. The van der Waals surface area contributed by atoms with E-state index in [0.29, 0.717) is 13.2 Å². The number of halogens is 4. The van der Waals surface area contributed by atoms with Crippen LogP contribution in [-0.2, 0) is 0 Å². The molecule has 0 radical (unpaired) electrons. The van der Waals surface area contributed by atoms with Crippen LogP contribution in [0, 0.1) is 5.82 Å². The summed E-state index contributed by atoms with van der Waals surface area (Å²) in [6.45, 7) is -2.20. The molecule has 0 aliphatic carbocycles. The minimum atomic E-state index is -5.31. The van der Waals surface area contributed by atoms with Crippen LogP contribution < -0.4 is 61.6 Å². The molecule has 1 aromatic rings. The minimum Gasteiger partial charge on any atom is -0.492 e. The SMILES string of the molecule is Fc1cc(OCCN2CCCCC2)ccc1[B-](F)(F)F.[K+]. The van der Waals surface area contributed by atoms with Gasteiger partial charge in [0.2, 0.25) is 0 Å². The molecule has 1 aliphatic rings. The number of hydrogen-bond acceptors (Lipinski definition) is 2. The number of nitrogens with zero attached hydrogens (tertiary/aromatic N) is 1. The summed E-state index contributed by atoms with van der Waals surface area (Å²) in [6.07, 6.45) is 3.57. The standard InChI is InChI=1S/C13H17BF4NO.K/c15-13-10-11(4-5-12(13)14(16,17)18)20-9-8-19-6-2-1-3-7-19;/h4-5,10H,1-3,6-9H2;/q-1;+1. The smallest absolute Gasteiger partial charge is 0.492 e. The molecule has 0 aromatic heterocycles. The molecule has 0 amide bonds. The van der Waals surface area contributed by atoms with Crippen LogP contribution in [0.4, 0.5) is 17.3 Å². The van der Waals surface area contributed by atoms with Crippen molar-refractivity contribution in [3.8, 4) is 5.75 Å². The summed E-state index contributed by atoms with van der Waals surface area (Å²) in [5.41, 5.74) is -1.20. The molecule has 0 N–H and O–H groups in total. The average molecular weight is 329 g/mol. The fraction of sp³-hybridized carbons (Fsp3) is 0.538. The van der Waals surface area contributed by atoms with Crippen LogP contribution in [0.2, 0.25) is 0 Å². The summed E-state index contributed by atoms with van der Waals surface area (Å²) in [7, 11) is 0. The molecule has 1 fully saturated rings. The fourth-order valence-corrected chi connectivity index (χ4v) is 2.34. The number of benzene rings is 1. The minimum absolute atomic E-state index is 0. The van der Waals surface area contributed by atoms with E-state index in [-0.39, 0.29) is 57.1 Å². The molecule has 1 heterocycles. The van der Waals surface area contributed by atoms with Gasteiger partial charge in [-0.2, -0.15) is 0 Å². The second kappa shape index (κ2) is 8.88. The molecule has 112 valence electrons. The molecule has 21 heavy (non-hydrogen) atoms. The molecule has 1 aromatic carbocycles. The Balaban J connectivity index is 0.00000220. The largest absolute Gasteiger partial charge is 1.00 e. The normalized spacial score (nSPS) is 16.4. The van der Waals surface area contributed by atoms with Crippen LogP contribution in [0.25, 0.3) is 0 Å². The molecule has 0 atom stereocenters. The van der Waals surface area contributed by atoms with Crippen molar-refractivity contribution >= 4 is 12.4 Å². The third-order valence-corrected chi connectivity index (χ3v) is 3.45. The number of likely N-dealkylation sites (tertiary alicyclic amines) is 1. The van der Waals surface area contributed by atoms with Gasteiger partial charge in [0.15, 0.2) is 0 Å². The Bertz CT molecular complexity index is 452. The van der Waals surface area contributed by atoms with E-state index in [9.17, 15) is 17.3 Å². The maximum absolute atomic E-state index is 13.3. The first-order valence-corrected chi connectivity index (χ1v) is 6.81. The van der Waals surface area contributed by atoms with Crippen LogP contribution in [0.3, 0.4) is 0 Å². The first-order chi connectivity index (χ1) is 9.47. The van der Waals surface area contributed by atoms with Gasteiger partial charge in [0.1, 0.15) is 12.4 Å². The predicted octanol–water partition coefficient (Wildman–Crippen LogP) is -0.251. The number of rotatable bonds is 5. The Kier molecular flexibility index (Phi) is 8.23. The third kappa shape index (κ3) is 6.19. The number of ether oxygens (including phenoxy) is 1. The van der Waals surface area contributed by atoms with Gasteiger partial charge < -0.3 is 17.7 Å². The van der Waals surface area contributed by atoms with Crippen molar-refractivity contribution in [2.24, 2.45) is 0 Å². The van der Waals surface area contributed by atoms with E-state index in [1.807, 2.05) is 0 Å². The van der Waals surface area contributed by atoms with Crippen LogP contribution in [0.5, 0.6) is 5.75 Å². The Morgan fingerprint density at radius 3 is 2.33 bits per heavy atom. The number of piperidine rings is 1. The molecule has 1 saturated heterocycles. The summed E-state index contributed by atoms with van der Waals surface area (Å²) in [4.78, 5) is 2.24. The second-order valence-corrected chi connectivity index (χ2v) is 5.01. The average Bonchev–Trinajstić information content (AvgIpc) is 2.38. The van der Waals surface area contributed by atoms with Crippen molar-refractivity contribution in [1.29, 1.82) is 0 Å². The number of hydrogen-bond donors (Lipinski definition) is 0. The van der Waals surface area contributed by atoms with E-state index in [0.717, 1.165) is 38.1 Å². The molecule has 2 rings (SSSR count). The summed E-state index contributed by atoms with van der Waals surface area (Å²) in [5, 5.41) is 0. The summed E-state index contributed by atoms with van der Waals surface area (Å²) in [5.74, 6) is -1.13. The quantitative estimate of drug-likeness (QED) is 0.546. The molecular formula is C13H17BF4KNO. The van der Waals surface area contributed by atoms with Gasteiger partial charge >= 0.3 is 58.4 Å².